The summed E-state index contributed by atoms with van der Waals surface area (Å²) in [6.07, 6.45) is 3.20. The third kappa shape index (κ3) is 3.75. The molecule has 0 aliphatic heterocycles. The lowest BCUT2D eigenvalue weighted by Gasteiger charge is -2.07. The summed E-state index contributed by atoms with van der Waals surface area (Å²) >= 11 is 0. The second-order valence-corrected chi connectivity index (χ2v) is 5.55. The number of ether oxygens (including phenoxy) is 2. The molecule has 0 saturated carbocycles. The Kier molecular flexibility index (Phi) is 5.03. The summed E-state index contributed by atoms with van der Waals surface area (Å²) in [5.74, 6) is 1.12. The molecule has 0 radical (unpaired) electrons. The van der Waals surface area contributed by atoms with Gasteiger partial charge < -0.3 is 19.4 Å². The van der Waals surface area contributed by atoms with Crippen molar-refractivity contribution < 1.29 is 9.47 Å². The lowest BCUT2D eigenvalue weighted by Crippen LogP contribution is -2.46. The molecular formula is C20H18N2O4. The standard InChI is InChI=1S/C20H18N2O4/c1-25-17-9-8-14(12-18(17)26-2)11-16-20(24)21-15(19(23)22-16)10-13-6-4-3-5-7-13/h3-12H,1-2H3,(H,21,24)(H,22,23). The van der Waals surface area contributed by atoms with Crippen LogP contribution in [0.2, 0.25) is 0 Å². The van der Waals surface area contributed by atoms with Crippen molar-refractivity contribution in [1.82, 2.24) is 9.97 Å². The van der Waals surface area contributed by atoms with Gasteiger partial charge in [0.2, 0.25) is 0 Å². The molecule has 0 aliphatic rings. The monoisotopic (exact) mass is 350 g/mol. The lowest BCUT2D eigenvalue weighted by molar-refractivity contribution is 0.355. The number of nitrogens with one attached hydrogen (secondary N) is 2. The van der Waals surface area contributed by atoms with Crippen LogP contribution in [0, 0.1) is 0 Å². The maximum Gasteiger partial charge on any atom is 0.272 e. The van der Waals surface area contributed by atoms with Crippen LogP contribution < -0.4 is 31.3 Å². The van der Waals surface area contributed by atoms with Crippen molar-refractivity contribution in [2.75, 3.05) is 14.2 Å². The van der Waals surface area contributed by atoms with Gasteiger partial charge in [0.25, 0.3) is 11.1 Å². The summed E-state index contributed by atoms with van der Waals surface area (Å²) < 4.78 is 10.4. The molecule has 0 spiro atoms. The van der Waals surface area contributed by atoms with Gasteiger partial charge in [-0.15, -0.1) is 0 Å². The van der Waals surface area contributed by atoms with Crippen LogP contribution in [0.4, 0.5) is 0 Å². The number of hydrogen-bond acceptors (Lipinski definition) is 4. The molecule has 3 rings (SSSR count). The van der Waals surface area contributed by atoms with Gasteiger partial charge in [-0.2, -0.15) is 0 Å². The van der Waals surface area contributed by atoms with Crippen molar-refractivity contribution in [3.05, 3.63) is 91.1 Å². The van der Waals surface area contributed by atoms with Crippen molar-refractivity contribution in [3.8, 4) is 11.5 Å². The Morgan fingerprint density at radius 2 is 1.31 bits per heavy atom. The zero-order valence-electron chi connectivity index (χ0n) is 14.4. The molecule has 0 amide bonds. The van der Waals surface area contributed by atoms with E-state index in [0.717, 1.165) is 5.56 Å². The van der Waals surface area contributed by atoms with Crippen LogP contribution in [0.1, 0.15) is 11.1 Å². The van der Waals surface area contributed by atoms with Crippen molar-refractivity contribution >= 4 is 12.2 Å². The lowest BCUT2D eigenvalue weighted by atomic mass is 10.2. The summed E-state index contributed by atoms with van der Waals surface area (Å²) in [5, 5.41) is 0.359. The molecule has 2 aromatic carbocycles. The molecule has 3 aromatic rings. The molecule has 0 saturated heterocycles. The fraction of sp³-hybridized carbons (Fsp3) is 0.100. The average molecular weight is 350 g/mol. The first-order valence-corrected chi connectivity index (χ1v) is 7.94. The van der Waals surface area contributed by atoms with Gasteiger partial charge in [-0.05, 0) is 35.4 Å². The van der Waals surface area contributed by atoms with Gasteiger partial charge in [0, 0.05) is 0 Å². The Balaban J connectivity index is 2.09. The number of hydrogen-bond donors (Lipinski definition) is 2. The molecule has 0 fully saturated rings. The molecule has 0 unspecified atom stereocenters. The van der Waals surface area contributed by atoms with E-state index in [9.17, 15) is 9.59 Å². The van der Waals surface area contributed by atoms with E-state index < -0.39 is 0 Å². The van der Waals surface area contributed by atoms with Gasteiger partial charge in [0.05, 0.1) is 14.2 Å². The maximum atomic E-state index is 12.3. The first kappa shape index (κ1) is 17.3. The summed E-state index contributed by atoms with van der Waals surface area (Å²) in [6.45, 7) is 0. The van der Waals surface area contributed by atoms with Gasteiger partial charge in [0.1, 0.15) is 10.7 Å². The van der Waals surface area contributed by atoms with Crippen LogP contribution >= 0.6 is 0 Å². The third-order valence-electron chi connectivity index (χ3n) is 3.81. The topological polar surface area (TPSA) is 84.2 Å². The molecule has 6 heteroatoms. The predicted molar refractivity (Wildman–Crippen MR) is 100 cm³/mol. The Labute approximate surface area is 149 Å². The number of aromatic amines is 2. The van der Waals surface area contributed by atoms with Crippen molar-refractivity contribution in [2.24, 2.45) is 0 Å². The van der Waals surface area contributed by atoms with E-state index in [1.54, 1.807) is 37.5 Å². The second kappa shape index (κ2) is 7.57. The molecule has 1 aromatic heterocycles. The SMILES string of the molecule is COc1ccc(C=c2[nH]c(=O)c(=Cc3ccccc3)[nH]c2=O)cc1OC. The fourth-order valence-electron chi connectivity index (χ4n) is 2.52. The highest BCUT2D eigenvalue weighted by molar-refractivity contribution is 5.55. The van der Waals surface area contributed by atoms with Gasteiger partial charge in [-0.3, -0.25) is 9.59 Å². The highest BCUT2D eigenvalue weighted by Crippen LogP contribution is 2.27. The fourth-order valence-corrected chi connectivity index (χ4v) is 2.52. The molecular weight excluding hydrogens is 332 g/mol. The quantitative estimate of drug-likeness (QED) is 0.727. The van der Waals surface area contributed by atoms with E-state index in [0.29, 0.717) is 17.1 Å². The van der Waals surface area contributed by atoms with E-state index in [4.69, 9.17) is 9.47 Å². The van der Waals surface area contributed by atoms with Gasteiger partial charge in [-0.25, -0.2) is 0 Å². The molecule has 0 bridgehead atoms. The van der Waals surface area contributed by atoms with Crippen LogP contribution in [0.3, 0.4) is 0 Å². The minimum absolute atomic E-state index is 0.160. The summed E-state index contributed by atoms with van der Waals surface area (Å²) in [6, 6.07) is 14.5. The molecule has 2 N–H and O–H groups in total. The van der Waals surface area contributed by atoms with Crippen LogP contribution in [-0.2, 0) is 0 Å². The van der Waals surface area contributed by atoms with E-state index in [2.05, 4.69) is 9.97 Å². The van der Waals surface area contributed by atoms with Crippen LogP contribution in [-0.4, -0.2) is 24.2 Å². The van der Waals surface area contributed by atoms with Crippen LogP contribution in [0.25, 0.3) is 12.2 Å². The first-order valence-electron chi connectivity index (χ1n) is 7.94. The van der Waals surface area contributed by atoms with Gasteiger partial charge in [-0.1, -0.05) is 36.4 Å². The Bertz CT molecular complexity index is 1140. The number of aromatic nitrogens is 2. The van der Waals surface area contributed by atoms with E-state index in [1.807, 2.05) is 30.3 Å². The van der Waals surface area contributed by atoms with Crippen molar-refractivity contribution in [2.45, 2.75) is 0 Å². The summed E-state index contributed by atoms with van der Waals surface area (Å²) in [4.78, 5) is 29.9. The van der Waals surface area contributed by atoms with E-state index >= 15 is 0 Å². The minimum atomic E-state index is -0.387. The second-order valence-electron chi connectivity index (χ2n) is 5.55. The molecule has 132 valence electrons. The Morgan fingerprint density at radius 1 is 0.731 bits per heavy atom. The maximum absolute atomic E-state index is 12.3. The highest BCUT2D eigenvalue weighted by Gasteiger charge is 2.03. The average Bonchev–Trinajstić information content (AvgIpc) is 2.66. The van der Waals surface area contributed by atoms with E-state index in [-0.39, 0.29) is 21.8 Å². The van der Waals surface area contributed by atoms with Gasteiger partial charge >= 0.3 is 0 Å². The summed E-state index contributed by atoms with van der Waals surface area (Å²) in [7, 11) is 3.08. The van der Waals surface area contributed by atoms with E-state index in [1.165, 1.54) is 7.11 Å². The number of rotatable bonds is 4. The van der Waals surface area contributed by atoms with Gasteiger partial charge in [0.15, 0.2) is 11.5 Å². The molecule has 0 atom stereocenters. The number of H-pyrrole nitrogens is 2. The number of benzene rings is 2. The highest BCUT2D eigenvalue weighted by atomic mass is 16.5. The molecule has 0 aliphatic carbocycles. The molecule has 26 heavy (non-hydrogen) atoms. The molecule has 1 heterocycles. The first-order chi connectivity index (χ1) is 12.6. The predicted octanol–water partition coefficient (Wildman–Crippen LogP) is 0.738. The summed E-state index contributed by atoms with van der Waals surface area (Å²) in [5.41, 5.74) is 0.760. The van der Waals surface area contributed by atoms with Crippen LogP contribution in [0.15, 0.2) is 58.1 Å². The number of methoxy groups -OCH3 is 2. The zero-order chi connectivity index (χ0) is 18.5. The minimum Gasteiger partial charge on any atom is -0.493 e. The van der Waals surface area contributed by atoms with Crippen LogP contribution in [0.5, 0.6) is 11.5 Å². The third-order valence-corrected chi connectivity index (χ3v) is 3.81. The van der Waals surface area contributed by atoms with Crippen molar-refractivity contribution in [1.29, 1.82) is 0 Å². The Morgan fingerprint density at radius 3 is 1.88 bits per heavy atom. The largest absolute Gasteiger partial charge is 0.493 e. The smallest absolute Gasteiger partial charge is 0.272 e. The zero-order valence-corrected chi connectivity index (χ0v) is 14.4. The normalized spacial score (nSPS) is 12.2. The molecule has 6 nitrogen and oxygen atoms in total. The van der Waals surface area contributed by atoms with Crippen molar-refractivity contribution in [3.63, 3.8) is 0 Å². The Hall–Kier alpha value is -3.54.